The number of alkyl halides is 3. The number of carbonyl (C=O) groups excluding carboxylic acids is 1. The second-order valence-electron chi connectivity index (χ2n) is 4.64. The minimum atomic E-state index is -4.53. The highest BCUT2D eigenvalue weighted by Crippen LogP contribution is 2.34. The number of nitrogens with zero attached hydrogens (tertiary/aromatic N) is 1. The maximum atomic E-state index is 12.8. The van der Waals surface area contributed by atoms with Crippen LogP contribution < -0.4 is 15.6 Å². The predicted molar refractivity (Wildman–Crippen MR) is 79.9 cm³/mol. The van der Waals surface area contributed by atoms with Crippen LogP contribution in [0.4, 0.5) is 18.9 Å². The summed E-state index contributed by atoms with van der Waals surface area (Å²) in [5.74, 6) is -0.295. The molecule has 0 spiro atoms. The molecule has 2 aromatic carbocycles. The number of carbonyl (C=O) groups is 1. The van der Waals surface area contributed by atoms with Crippen LogP contribution in [0.25, 0.3) is 0 Å². The SMILES string of the molecule is N#Cc1ccc(OCC(=O)NNc2ccccc2C(F)(F)F)cc1. The van der Waals surface area contributed by atoms with Gasteiger partial charge >= 0.3 is 6.18 Å². The lowest BCUT2D eigenvalue weighted by Gasteiger charge is -2.15. The molecule has 0 unspecified atom stereocenters. The first-order valence-corrected chi connectivity index (χ1v) is 6.74. The molecule has 0 aliphatic carbocycles. The van der Waals surface area contributed by atoms with E-state index >= 15 is 0 Å². The molecule has 8 heteroatoms. The van der Waals surface area contributed by atoms with E-state index in [2.05, 4.69) is 10.9 Å². The molecule has 0 saturated carbocycles. The zero-order valence-electron chi connectivity index (χ0n) is 12.2. The van der Waals surface area contributed by atoms with Crippen molar-refractivity contribution in [2.24, 2.45) is 0 Å². The average Bonchev–Trinajstić information content (AvgIpc) is 2.58. The Morgan fingerprint density at radius 2 is 1.79 bits per heavy atom. The van der Waals surface area contributed by atoms with Gasteiger partial charge in [0, 0.05) is 0 Å². The Morgan fingerprint density at radius 1 is 1.12 bits per heavy atom. The number of amides is 1. The third-order valence-electron chi connectivity index (χ3n) is 2.92. The first kappa shape index (κ1) is 17.1. The summed E-state index contributed by atoms with van der Waals surface area (Å²) in [5, 5.41) is 8.66. The third-order valence-corrected chi connectivity index (χ3v) is 2.92. The first-order chi connectivity index (χ1) is 11.4. The van der Waals surface area contributed by atoms with Crippen LogP contribution in [0.5, 0.6) is 5.75 Å². The van der Waals surface area contributed by atoms with Crippen LogP contribution in [0.2, 0.25) is 0 Å². The summed E-state index contributed by atoms with van der Waals surface area (Å²) in [6.07, 6.45) is -4.53. The minimum Gasteiger partial charge on any atom is -0.484 e. The molecule has 0 fully saturated rings. The predicted octanol–water partition coefficient (Wildman–Crippen LogP) is 3.10. The number of hydrogen-bond donors (Lipinski definition) is 2. The fourth-order valence-electron chi connectivity index (χ4n) is 1.79. The van der Waals surface area contributed by atoms with Crippen LogP contribution in [-0.2, 0) is 11.0 Å². The van der Waals surface area contributed by atoms with E-state index in [9.17, 15) is 18.0 Å². The Kier molecular flexibility index (Phi) is 5.27. The minimum absolute atomic E-state index is 0.267. The van der Waals surface area contributed by atoms with Gasteiger partial charge in [0.2, 0.25) is 0 Å². The molecule has 2 rings (SSSR count). The number of para-hydroxylation sites is 1. The highest BCUT2D eigenvalue weighted by Gasteiger charge is 2.33. The van der Waals surface area contributed by atoms with Gasteiger partial charge in [-0.05, 0) is 36.4 Å². The molecule has 2 aromatic rings. The monoisotopic (exact) mass is 335 g/mol. The van der Waals surface area contributed by atoms with Crippen molar-refractivity contribution >= 4 is 11.6 Å². The van der Waals surface area contributed by atoms with E-state index in [1.807, 2.05) is 6.07 Å². The van der Waals surface area contributed by atoms with Crippen molar-refractivity contribution in [3.63, 3.8) is 0 Å². The summed E-state index contributed by atoms with van der Waals surface area (Å²) in [4.78, 5) is 11.6. The molecular weight excluding hydrogens is 323 g/mol. The quantitative estimate of drug-likeness (QED) is 0.824. The number of nitriles is 1. The highest BCUT2D eigenvalue weighted by molar-refractivity contribution is 5.79. The molecule has 0 bridgehead atoms. The fourth-order valence-corrected chi connectivity index (χ4v) is 1.79. The zero-order valence-corrected chi connectivity index (χ0v) is 12.2. The molecule has 0 radical (unpaired) electrons. The first-order valence-electron chi connectivity index (χ1n) is 6.74. The van der Waals surface area contributed by atoms with Crippen molar-refractivity contribution in [3.8, 4) is 11.8 Å². The summed E-state index contributed by atoms with van der Waals surface area (Å²) in [7, 11) is 0. The summed E-state index contributed by atoms with van der Waals surface area (Å²) >= 11 is 0. The lowest BCUT2D eigenvalue weighted by Crippen LogP contribution is -2.34. The number of benzene rings is 2. The fraction of sp³-hybridized carbons (Fsp3) is 0.125. The van der Waals surface area contributed by atoms with Gasteiger partial charge in [0.25, 0.3) is 5.91 Å². The van der Waals surface area contributed by atoms with E-state index < -0.39 is 24.3 Å². The van der Waals surface area contributed by atoms with Gasteiger partial charge in [-0.3, -0.25) is 15.6 Å². The number of anilines is 1. The van der Waals surface area contributed by atoms with Crippen LogP contribution in [0.1, 0.15) is 11.1 Å². The molecule has 0 heterocycles. The summed E-state index contributed by atoms with van der Waals surface area (Å²) in [6, 6.07) is 12.8. The Bertz CT molecular complexity index is 752. The number of halogens is 3. The molecule has 0 aromatic heterocycles. The van der Waals surface area contributed by atoms with Crippen molar-refractivity contribution in [3.05, 3.63) is 59.7 Å². The average molecular weight is 335 g/mol. The van der Waals surface area contributed by atoms with Gasteiger partial charge in [0.15, 0.2) is 6.61 Å². The van der Waals surface area contributed by atoms with Crippen molar-refractivity contribution in [1.82, 2.24) is 5.43 Å². The number of rotatable bonds is 5. The van der Waals surface area contributed by atoms with Crippen molar-refractivity contribution in [1.29, 1.82) is 5.26 Å². The van der Waals surface area contributed by atoms with Gasteiger partial charge in [-0.2, -0.15) is 18.4 Å². The van der Waals surface area contributed by atoms with E-state index in [4.69, 9.17) is 10.00 Å². The number of hydrogen-bond acceptors (Lipinski definition) is 4. The van der Waals surface area contributed by atoms with E-state index in [1.54, 1.807) is 0 Å². The van der Waals surface area contributed by atoms with Gasteiger partial charge < -0.3 is 4.74 Å². The van der Waals surface area contributed by atoms with Crippen LogP contribution in [0.15, 0.2) is 48.5 Å². The lowest BCUT2D eigenvalue weighted by atomic mass is 10.2. The largest absolute Gasteiger partial charge is 0.484 e. The lowest BCUT2D eigenvalue weighted by molar-refractivity contribution is -0.137. The van der Waals surface area contributed by atoms with Gasteiger partial charge in [0.05, 0.1) is 22.9 Å². The summed E-state index contributed by atoms with van der Waals surface area (Å²) in [6.45, 7) is -0.396. The third kappa shape index (κ3) is 4.64. The second-order valence-corrected chi connectivity index (χ2v) is 4.64. The van der Waals surface area contributed by atoms with Crippen molar-refractivity contribution < 1.29 is 22.7 Å². The van der Waals surface area contributed by atoms with Crippen LogP contribution >= 0.6 is 0 Å². The molecule has 0 saturated heterocycles. The highest BCUT2D eigenvalue weighted by atomic mass is 19.4. The van der Waals surface area contributed by atoms with E-state index in [0.717, 1.165) is 6.07 Å². The smallest absolute Gasteiger partial charge is 0.418 e. The van der Waals surface area contributed by atoms with Gasteiger partial charge in [-0.1, -0.05) is 12.1 Å². The Balaban J connectivity index is 1.89. The number of ether oxygens (including phenoxy) is 1. The standard InChI is InChI=1S/C16H12F3N3O2/c17-16(18,19)13-3-1-2-4-14(13)21-22-15(23)10-24-12-7-5-11(9-20)6-8-12/h1-8,21H,10H2,(H,22,23). The molecule has 0 aliphatic heterocycles. The topological polar surface area (TPSA) is 74.1 Å². The molecule has 124 valence electrons. The molecule has 1 amide bonds. The number of hydrazine groups is 1. The van der Waals surface area contributed by atoms with Crippen LogP contribution in [-0.4, -0.2) is 12.5 Å². The Labute approximate surface area is 135 Å². The summed E-state index contributed by atoms with van der Waals surface area (Å²) in [5.41, 5.74) is 3.65. The van der Waals surface area contributed by atoms with Gasteiger partial charge in [-0.25, -0.2) is 0 Å². The Morgan fingerprint density at radius 3 is 2.42 bits per heavy atom. The van der Waals surface area contributed by atoms with Crippen molar-refractivity contribution in [2.75, 3.05) is 12.0 Å². The normalized spacial score (nSPS) is 10.6. The van der Waals surface area contributed by atoms with E-state index in [1.165, 1.54) is 42.5 Å². The molecule has 0 atom stereocenters. The molecule has 2 N–H and O–H groups in total. The van der Waals surface area contributed by atoms with Crippen molar-refractivity contribution in [2.45, 2.75) is 6.18 Å². The van der Waals surface area contributed by atoms with E-state index in [0.29, 0.717) is 11.3 Å². The summed E-state index contributed by atoms with van der Waals surface area (Å²) < 4.78 is 43.6. The molecule has 5 nitrogen and oxygen atoms in total. The van der Waals surface area contributed by atoms with Crippen LogP contribution in [0, 0.1) is 11.3 Å². The molecule has 24 heavy (non-hydrogen) atoms. The van der Waals surface area contributed by atoms with Gasteiger partial charge in [0.1, 0.15) is 5.75 Å². The van der Waals surface area contributed by atoms with Crippen LogP contribution in [0.3, 0.4) is 0 Å². The maximum Gasteiger partial charge on any atom is 0.418 e. The van der Waals surface area contributed by atoms with E-state index in [-0.39, 0.29) is 5.69 Å². The molecule has 0 aliphatic rings. The van der Waals surface area contributed by atoms with Gasteiger partial charge in [-0.15, -0.1) is 0 Å². The molecular formula is C16H12F3N3O2. The number of nitrogens with one attached hydrogen (secondary N) is 2. The zero-order chi connectivity index (χ0) is 17.6. The Hall–Kier alpha value is -3.21. The second kappa shape index (κ2) is 7.37. The maximum absolute atomic E-state index is 12.8.